The fraction of sp³-hybridized carbons (Fsp3) is 0.417. The van der Waals surface area contributed by atoms with Crippen LogP contribution in [0.15, 0.2) is 18.2 Å². The van der Waals surface area contributed by atoms with Crippen LogP contribution in [0.3, 0.4) is 0 Å². The Balaban J connectivity index is 2.51. The van der Waals surface area contributed by atoms with Gasteiger partial charge in [0.1, 0.15) is 17.3 Å². The number of hydrogen-bond acceptors (Lipinski definition) is 3. The van der Waals surface area contributed by atoms with Gasteiger partial charge >= 0.3 is 0 Å². The highest BCUT2D eigenvalue weighted by atomic mass is 19.1. The minimum atomic E-state index is -0.288. The van der Waals surface area contributed by atoms with E-state index in [9.17, 15) is 9.18 Å². The molecule has 0 unspecified atom stereocenters. The van der Waals surface area contributed by atoms with Gasteiger partial charge in [0.05, 0.1) is 7.11 Å². The molecule has 0 atom stereocenters. The van der Waals surface area contributed by atoms with E-state index in [4.69, 9.17) is 4.74 Å². The summed E-state index contributed by atoms with van der Waals surface area (Å²) in [6, 6.07) is 4.38. The van der Waals surface area contributed by atoms with Crippen LogP contribution in [0.25, 0.3) is 0 Å². The lowest BCUT2D eigenvalue weighted by atomic mass is 10.2. The van der Waals surface area contributed by atoms with Crippen LogP contribution in [0.4, 0.5) is 4.39 Å². The number of benzene rings is 1. The lowest BCUT2D eigenvalue weighted by Crippen LogP contribution is -2.17. The van der Waals surface area contributed by atoms with E-state index in [2.05, 4.69) is 5.32 Å². The molecular weight excluding hydrogens is 209 g/mol. The summed E-state index contributed by atoms with van der Waals surface area (Å²) in [6.07, 6.45) is 0.484. The first-order valence-electron chi connectivity index (χ1n) is 5.16. The highest BCUT2D eigenvalue weighted by Crippen LogP contribution is 2.18. The second-order valence-electron chi connectivity index (χ2n) is 3.58. The molecule has 0 aromatic heterocycles. The average Bonchev–Trinajstić information content (AvgIpc) is 2.24. The summed E-state index contributed by atoms with van der Waals surface area (Å²) >= 11 is 0. The van der Waals surface area contributed by atoms with Gasteiger partial charge in [-0.15, -0.1) is 0 Å². The highest BCUT2D eigenvalue weighted by molar-refractivity contribution is 5.75. The first kappa shape index (κ1) is 12.6. The molecule has 1 rings (SSSR count). The molecule has 1 N–H and O–H groups in total. The van der Waals surface area contributed by atoms with Gasteiger partial charge in [-0.05, 0) is 25.1 Å². The number of carbonyl (C=O) groups is 1. The molecule has 0 fully saturated rings. The number of ketones is 1. The number of rotatable bonds is 6. The van der Waals surface area contributed by atoms with Crippen LogP contribution in [-0.4, -0.2) is 19.4 Å². The number of Topliss-reactive ketones (excluding diaryl/α,β-unsaturated/α-hetero) is 1. The van der Waals surface area contributed by atoms with Crippen molar-refractivity contribution >= 4 is 5.78 Å². The average molecular weight is 225 g/mol. The van der Waals surface area contributed by atoms with E-state index in [0.717, 1.165) is 5.56 Å². The highest BCUT2D eigenvalue weighted by Gasteiger charge is 2.04. The van der Waals surface area contributed by atoms with Gasteiger partial charge in [-0.2, -0.15) is 0 Å². The molecule has 0 aliphatic heterocycles. The van der Waals surface area contributed by atoms with E-state index in [1.165, 1.54) is 12.1 Å². The fourth-order valence-corrected chi connectivity index (χ4v) is 1.37. The Hall–Kier alpha value is -1.42. The summed E-state index contributed by atoms with van der Waals surface area (Å²) < 4.78 is 18.1. The topological polar surface area (TPSA) is 38.3 Å². The smallest absolute Gasteiger partial charge is 0.131 e. The third-order valence-corrected chi connectivity index (χ3v) is 2.21. The summed E-state index contributed by atoms with van der Waals surface area (Å²) in [5.74, 6) is 0.500. The molecule has 0 heterocycles. The second-order valence-corrected chi connectivity index (χ2v) is 3.58. The quantitative estimate of drug-likeness (QED) is 0.751. The zero-order valence-corrected chi connectivity index (χ0v) is 9.55. The zero-order chi connectivity index (χ0) is 12.0. The van der Waals surface area contributed by atoms with Gasteiger partial charge in [-0.1, -0.05) is 0 Å². The molecule has 4 heteroatoms. The van der Waals surface area contributed by atoms with Gasteiger partial charge in [0, 0.05) is 25.1 Å². The lowest BCUT2D eigenvalue weighted by Gasteiger charge is -2.09. The van der Waals surface area contributed by atoms with Crippen molar-refractivity contribution in [2.24, 2.45) is 0 Å². The van der Waals surface area contributed by atoms with Crippen LogP contribution in [-0.2, 0) is 11.3 Å². The molecule has 0 spiro atoms. The van der Waals surface area contributed by atoms with Crippen LogP contribution in [0.2, 0.25) is 0 Å². The Morgan fingerprint density at radius 1 is 1.50 bits per heavy atom. The number of ether oxygens (including phenoxy) is 1. The summed E-state index contributed by atoms with van der Waals surface area (Å²) in [6.45, 7) is 2.63. The Kier molecular flexibility index (Phi) is 4.92. The van der Waals surface area contributed by atoms with E-state index < -0.39 is 0 Å². The summed E-state index contributed by atoms with van der Waals surface area (Å²) in [5.41, 5.74) is 0.756. The Morgan fingerprint density at radius 3 is 2.88 bits per heavy atom. The van der Waals surface area contributed by atoms with E-state index in [0.29, 0.717) is 25.3 Å². The number of methoxy groups -OCH3 is 1. The van der Waals surface area contributed by atoms with Crippen molar-refractivity contribution in [3.63, 3.8) is 0 Å². The lowest BCUT2D eigenvalue weighted by molar-refractivity contribution is -0.116. The van der Waals surface area contributed by atoms with Gasteiger partial charge < -0.3 is 10.1 Å². The molecule has 0 saturated carbocycles. The van der Waals surface area contributed by atoms with Crippen LogP contribution in [0.1, 0.15) is 18.9 Å². The Morgan fingerprint density at radius 2 is 2.25 bits per heavy atom. The number of nitrogens with one attached hydrogen (secondary N) is 1. The van der Waals surface area contributed by atoms with E-state index in [1.54, 1.807) is 20.1 Å². The molecule has 0 radical (unpaired) electrons. The maximum Gasteiger partial charge on any atom is 0.131 e. The second kappa shape index (κ2) is 6.23. The summed E-state index contributed by atoms with van der Waals surface area (Å²) in [7, 11) is 1.55. The molecular formula is C12H16FNO2. The van der Waals surface area contributed by atoms with E-state index in [1.807, 2.05) is 0 Å². The largest absolute Gasteiger partial charge is 0.496 e. The van der Waals surface area contributed by atoms with Crippen molar-refractivity contribution in [3.8, 4) is 5.75 Å². The Bertz CT molecular complexity index is 366. The fourth-order valence-electron chi connectivity index (χ4n) is 1.37. The third kappa shape index (κ3) is 3.98. The standard InChI is InChI=1S/C12H16FNO2/c1-9(15)5-6-14-8-10-7-11(13)3-4-12(10)16-2/h3-4,7,14H,5-6,8H2,1-2H3. The normalized spacial score (nSPS) is 10.2. The van der Waals surface area contributed by atoms with Crippen molar-refractivity contribution in [3.05, 3.63) is 29.6 Å². The third-order valence-electron chi connectivity index (χ3n) is 2.21. The van der Waals surface area contributed by atoms with Gasteiger partial charge in [0.25, 0.3) is 0 Å². The van der Waals surface area contributed by atoms with Crippen LogP contribution in [0, 0.1) is 5.82 Å². The summed E-state index contributed by atoms with van der Waals surface area (Å²) in [4.78, 5) is 10.7. The van der Waals surface area contributed by atoms with Crippen LogP contribution in [0.5, 0.6) is 5.75 Å². The minimum absolute atomic E-state index is 0.138. The first-order valence-corrected chi connectivity index (χ1v) is 5.16. The first-order chi connectivity index (χ1) is 7.63. The maximum absolute atomic E-state index is 13.0. The molecule has 16 heavy (non-hydrogen) atoms. The molecule has 0 aliphatic rings. The molecule has 3 nitrogen and oxygen atoms in total. The molecule has 1 aromatic carbocycles. The molecule has 0 bridgehead atoms. The summed E-state index contributed by atoms with van der Waals surface area (Å²) in [5, 5.41) is 3.07. The molecule has 88 valence electrons. The maximum atomic E-state index is 13.0. The predicted molar refractivity (Wildman–Crippen MR) is 60.0 cm³/mol. The molecule has 1 aromatic rings. The van der Waals surface area contributed by atoms with Gasteiger partial charge in [0.15, 0.2) is 0 Å². The predicted octanol–water partition coefficient (Wildman–Crippen LogP) is 1.90. The number of halogens is 1. The van der Waals surface area contributed by atoms with Crippen molar-refractivity contribution in [1.29, 1.82) is 0 Å². The molecule has 0 amide bonds. The Labute approximate surface area is 94.6 Å². The van der Waals surface area contributed by atoms with Gasteiger partial charge in [-0.25, -0.2) is 4.39 Å². The SMILES string of the molecule is COc1ccc(F)cc1CNCCC(C)=O. The molecule has 0 aliphatic carbocycles. The van der Waals surface area contributed by atoms with Crippen LogP contribution < -0.4 is 10.1 Å². The zero-order valence-electron chi connectivity index (χ0n) is 9.55. The van der Waals surface area contributed by atoms with E-state index in [-0.39, 0.29) is 11.6 Å². The monoisotopic (exact) mass is 225 g/mol. The van der Waals surface area contributed by atoms with Gasteiger partial charge in [0.2, 0.25) is 0 Å². The minimum Gasteiger partial charge on any atom is -0.496 e. The van der Waals surface area contributed by atoms with Crippen molar-refractivity contribution in [2.75, 3.05) is 13.7 Å². The molecule has 0 saturated heterocycles. The van der Waals surface area contributed by atoms with Crippen molar-refractivity contribution in [2.45, 2.75) is 19.9 Å². The van der Waals surface area contributed by atoms with Crippen molar-refractivity contribution < 1.29 is 13.9 Å². The van der Waals surface area contributed by atoms with Crippen LogP contribution >= 0.6 is 0 Å². The number of carbonyl (C=O) groups excluding carboxylic acids is 1. The van der Waals surface area contributed by atoms with Gasteiger partial charge in [-0.3, -0.25) is 4.79 Å². The van der Waals surface area contributed by atoms with Crippen molar-refractivity contribution in [1.82, 2.24) is 5.32 Å². The van der Waals surface area contributed by atoms with E-state index >= 15 is 0 Å². The number of hydrogen-bond donors (Lipinski definition) is 1.